The molecule has 2 heteroatoms. The molecule has 1 atom stereocenters. The van der Waals surface area contributed by atoms with E-state index in [9.17, 15) is 5.11 Å². The maximum absolute atomic E-state index is 10.1. The van der Waals surface area contributed by atoms with Crippen LogP contribution in [0.5, 0.6) is 0 Å². The average molecular weight is 253 g/mol. The Labute approximate surface area is 113 Å². The second-order valence-corrected chi connectivity index (χ2v) is 6.57. The van der Waals surface area contributed by atoms with Gasteiger partial charge in [-0.3, -0.25) is 0 Å². The fourth-order valence-electron chi connectivity index (χ4n) is 3.79. The number of nitrogens with one attached hydrogen (secondary N) is 1. The van der Waals surface area contributed by atoms with Gasteiger partial charge in [0.2, 0.25) is 0 Å². The maximum atomic E-state index is 10.1. The molecule has 106 valence electrons. The van der Waals surface area contributed by atoms with Crippen LogP contribution in [0.1, 0.15) is 71.1 Å². The SMILES string of the molecule is CCC1CCC(NCC(O)CC2CCCC2)CC1. The highest BCUT2D eigenvalue weighted by Crippen LogP contribution is 2.29. The van der Waals surface area contributed by atoms with E-state index in [1.54, 1.807) is 0 Å². The molecule has 1 unspecified atom stereocenters. The molecule has 0 saturated heterocycles. The Morgan fingerprint density at radius 1 is 1.00 bits per heavy atom. The summed E-state index contributed by atoms with van der Waals surface area (Å²) in [4.78, 5) is 0. The number of hydrogen-bond donors (Lipinski definition) is 2. The highest BCUT2D eigenvalue weighted by atomic mass is 16.3. The molecule has 0 spiro atoms. The van der Waals surface area contributed by atoms with Crippen LogP contribution in [0.2, 0.25) is 0 Å². The van der Waals surface area contributed by atoms with Crippen LogP contribution >= 0.6 is 0 Å². The topological polar surface area (TPSA) is 32.3 Å². The monoisotopic (exact) mass is 253 g/mol. The van der Waals surface area contributed by atoms with Crippen molar-refractivity contribution in [2.45, 2.75) is 83.3 Å². The molecular formula is C16H31NO. The zero-order valence-electron chi connectivity index (χ0n) is 12.0. The predicted molar refractivity (Wildman–Crippen MR) is 76.6 cm³/mol. The van der Waals surface area contributed by atoms with Crippen molar-refractivity contribution < 1.29 is 5.11 Å². The lowest BCUT2D eigenvalue weighted by Crippen LogP contribution is -2.38. The summed E-state index contributed by atoms with van der Waals surface area (Å²) >= 11 is 0. The number of aliphatic hydroxyl groups excluding tert-OH is 1. The van der Waals surface area contributed by atoms with Gasteiger partial charge in [-0.25, -0.2) is 0 Å². The van der Waals surface area contributed by atoms with Crippen molar-refractivity contribution in [2.24, 2.45) is 11.8 Å². The molecule has 0 aromatic rings. The zero-order valence-corrected chi connectivity index (χ0v) is 12.0. The van der Waals surface area contributed by atoms with E-state index in [1.807, 2.05) is 0 Å². The summed E-state index contributed by atoms with van der Waals surface area (Å²) in [6, 6.07) is 0.672. The second-order valence-electron chi connectivity index (χ2n) is 6.57. The van der Waals surface area contributed by atoms with Crippen LogP contribution in [0, 0.1) is 11.8 Å². The van der Waals surface area contributed by atoms with Gasteiger partial charge in [-0.05, 0) is 43.9 Å². The van der Waals surface area contributed by atoms with Crippen molar-refractivity contribution in [3.63, 3.8) is 0 Å². The molecule has 2 saturated carbocycles. The first-order chi connectivity index (χ1) is 8.78. The number of aliphatic hydroxyl groups is 1. The normalized spacial score (nSPS) is 31.7. The third-order valence-electron chi connectivity index (χ3n) is 5.15. The molecule has 2 N–H and O–H groups in total. The van der Waals surface area contributed by atoms with Gasteiger partial charge >= 0.3 is 0 Å². The molecule has 0 amide bonds. The minimum atomic E-state index is -0.114. The molecule has 2 aliphatic carbocycles. The van der Waals surface area contributed by atoms with E-state index in [2.05, 4.69) is 12.2 Å². The van der Waals surface area contributed by atoms with Crippen molar-refractivity contribution in [1.82, 2.24) is 5.32 Å². The smallest absolute Gasteiger partial charge is 0.0667 e. The summed E-state index contributed by atoms with van der Waals surface area (Å²) in [6.45, 7) is 3.13. The molecule has 0 aromatic heterocycles. The average Bonchev–Trinajstić information content (AvgIpc) is 2.90. The van der Waals surface area contributed by atoms with E-state index in [0.717, 1.165) is 24.8 Å². The maximum Gasteiger partial charge on any atom is 0.0667 e. The highest BCUT2D eigenvalue weighted by Gasteiger charge is 2.22. The quantitative estimate of drug-likeness (QED) is 0.759. The third-order valence-corrected chi connectivity index (χ3v) is 5.15. The van der Waals surface area contributed by atoms with Gasteiger partial charge in [0.05, 0.1) is 6.10 Å². The molecule has 2 rings (SSSR count). The molecule has 2 nitrogen and oxygen atoms in total. The lowest BCUT2D eigenvalue weighted by Gasteiger charge is -2.29. The molecule has 0 heterocycles. The first-order valence-corrected chi connectivity index (χ1v) is 8.19. The largest absolute Gasteiger partial charge is 0.392 e. The van der Waals surface area contributed by atoms with Crippen molar-refractivity contribution in [3.8, 4) is 0 Å². The summed E-state index contributed by atoms with van der Waals surface area (Å²) in [7, 11) is 0. The van der Waals surface area contributed by atoms with Crippen LogP contribution in [0.25, 0.3) is 0 Å². The Bertz CT molecular complexity index is 217. The van der Waals surface area contributed by atoms with Crippen molar-refractivity contribution in [1.29, 1.82) is 0 Å². The molecule has 2 fully saturated rings. The fourth-order valence-corrected chi connectivity index (χ4v) is 3.79. The standard InChI is InChI=1S/C16H31NO/c1-2-13-7-9-15(10-8-13)17-12-16(18)11-14-5-3-4-6-14/h13-18H,2-12H2,1H3. The van der Waals surface area contributed by atoms with Gasteiger partial charge in [0.1, 0.15) is 0 Å². The van der Waals surface area contributed by atoms with Gasteiger partial charge in [0.25, 0.3) is 0 Å². The van der Waals surface area contributed by atoms with E-state index in [1.165, 1.54) is 57.8 Å². The summed E-state index contributed by atoms with van der Waals surface area (Å²) in [5.74, 6) is 1.77. The van der Waals surface area contributed by atoms with Gasteiger partial charge in [0, 0.05) is 12.6 Å². The third kappa shape index (κ3) is 4.55. The molecule has 0 radical (unpaired) electrons. The van der Waals surface area contributed by atoms with Crippen LogP contribution in [-0.4, -0.2) is 23.8 Å². The van der Waals surface area contributed by atoms with Crippen molar-refractivity contribution in [2.75, 3.05) is 6.54 Å². The van der Waals surface area contributed by atoms with Crippen molar-refractivity contribution in [3.05, 3.63) is 0 Å². The van der Waals surface area contributed by atoms with E-state index in [0.29, 0.717) is 6.04 Å². The van der Waals surface area contributed by atoms with Crippen molar-refractivity contribution >= 4 is 0 Å². The predicted octanol–water partition coefficient (Wildman–Crippen LogP) is 3.49. The van der Waals surface area contributed by atoms with Gasteiger partial charge in [-0.2, -0.15) is 0 Å². The Kier molecular flexibility index (Phi) is 5.97. The molecular weight excluding hydrogens is 222 g/mol. The number of rotatable bonds is 6. The lowest BCUT2D eigenvalue weighted by atomic mass is 9.84. The molecule has 0 aromatic carbocycles. The summed E-state index contributed by atoms with van der Waals surface area (Å²) in [5.41, 5.74) is 0. The first kappa shape index (κ1) is 14.3. The van der Waals surface area contributed by atoms with Crippen LogP contribution in [0.4, 0.5) is 0 Å². The molecule has 2 aliphatic rings. The van der Waals surface area contributed by atoms with Gasteiger partial charge < -0.3 is 10.4 Å². The van der Waals surface area contributed by atoms with Crippen LogP contribution in [-0.2, 0) is 0 Å². The zero-order chi connectivity index (χ0) is 12.8. The molecule has 0 bridgehead atoms. The highest BCUT2D eigenvalue weighted by molar-refractivity contribution is 4.79. The van der Waals surface area contributed by atoms with Crippen LogP contribution < -0.4 is 5.32 Å². The Balaban J connectivity index is 1.56. The van der Waals surface area contributed by atoms with Gasteiger partial charge in [0.15, 0.2) is 0 Å². The van der Waals surface area contributed by atoms with E-state index >= 15 is 0 Å². The summed E-state index contributed by atoms with van der Waals surface area (Å²) in [5, 5.41) is 13.7. The summed E-state index contributed by atoms with van der Waals surface area (Å²) < 4.78 is 0. The minimum absolute atomic E-state index is 0.114. The fraction of sp³-hybridized carbons (Fsp3) is 1.00. The van der Waals surface area contributed by atoms with E-state index in [4.69, 9.17) is 0 Å². The van der Waals surface area contributed by atoms with E-state index in [-0.39, 0.29) is 6.10 Å². The van der Waals surface area contributed by atoms with Gasteiger partial charge in [-0.15, -0.1) is 0 Å². The summed E-state index contributed by atoms with van der Waals surface area (Å²) in [6.07, 6.45) is 13.1. The first-order valence-electron chi connectivity index (χ1n) is 8.19. The van der Waals surface area contributed by atoms with E-state index < -0.39 is 0 Å². The molecule has 18 heavy (non-hydrogen) atoms. The lowest BCUT2D eigenvalue weighted by molar-refractivity contribution is 0.132. The second kappa shape index (κ2) is 7.49. The van der Waals surface area contributed by atoms with Crippen LogP contribution in [0.3, 0.4) is 0 Å². The number of hydrogen-bond acceptors (Lipinski definition) is 2. The van der Waals surface area contributed by atoms with Crippen LogP contribution in [0.15, 0.2) is 0 Å². The Morgan fingerprint density at radius 2 is 1.67 bits per heavy atom. The minimum Gasteiger partial charge on any atom is -0.392 e. The van der Waals surface area contributed by atoms with Gasteiger partial charge in [-0.1, -0.05) is 39.0 Å². The Hall–Kier alpha value is -0.0800. The Morgan fingerprint density at radius 3 is 2.28 bits per heavy atom. The molecule has 0 aliphatic heterocycles.